The van der Waals surface area contributed by atoms with Gasteiger partial charge in [0.2, 0.25) is 5.89 Å². The maximum absolute atomic E-state index is 6.22. The molecule has 36 heavy (non-hydrogen) atoms. The van der Waals surface area contributed by atoms with Gasteiger partial charge in [0.15, 0.2) is 0 Å². The molecule has 9 nitrogen and oxygen atoms in total. The van der Waals surface area contributed by atoms with Gasteiger partial charge in [-0.2, -0.15) is 0 Å². The molecule has 2 rings (SSSR count). The smallest absolute Gasteiger partial charge is 0.372 e. The van der Waals surface area contributed by atoms with Crippen molar-refractivity contribution in [3.8, 4) is 11.5 Å². The van der Waals surface area contributed by atoms with Crippen LogP contribution in [0, 0.1) is 0 Å². The Morgan fingerprint density at radius 3 is 1.92 bits per heavy atom. The minimum Gasteiger partial charge on any atom is -0.411 e. The zero-order valence-corrected chi connectivity index (χ0v) is 25.1. The van der Waals surface area contributed by atoms with Gasteiger partial charge in [-0.25, -0.2) is 0 Å². The third-order valence-electron chi connectivity index (χ3n) is 5.73. The van der Waals surface area contributed by atoms with Gasteiger partial charge in [0.25, 0.3) is 5.22 Å². The molecular weight excluding hydrogens is 513 g/mol. The highest BCUT2D eigenvalue weighted by atomic mass is 32.2. The lowest BCUT2D eigenvalue weighted by atomic mass is 10.2. The highest BCUT2D eigenvalue weighted by Gasteiger charge is 2.39. The lowest BCUT2D eigenvalue weighted by molar-refractivity contribution is 0.183. The summed E-state index contributed by atoms with van der Waals surface area (Å²) in [6.07, 6.45) is 1.77. The Labute approximate surface area is 222 Å². The third kappa shape index (κ3) is 9.03. The summed E-state index contributed by atoms with van der Waals surface area (Å²) in [6.45, 7) is 11.8. The van der Waals surface area contributed by atoms with Crippen LogP contribution >= 0.6 is 11.8 Å². The summed E-state index contributed by atoms with van der Waals surface area (Å²) in [4.78, 5) is 0. The van der Waals surface area contributed by atoms with E-state index in [-0.39, 0.29) is 0 Å². The molecule has 2 aromatic rings. The lowest BCUT2D eigenvalue weighted by Gasteiger charge is -2.30. The molecule has 0 saturated heterocycles. The molecule has 1 heterocycles. The second-order valence-electron chi connectivity index (χ2n) is 8.23. The summed E-state index contributed by atoms with van der Waals surface area (Å²) >= 11 is 1.54. The number of nitrogens with two attached hydrogens (primary N) is 2. The van der Waals surface area contributed by atoms with Gasteiger partial charge in [0.1, 0.15) is 0 Å². The van der Waals surface area contributed by atoms with E-state index in [4.69, 9.17) is 33.6 Å². The molecule has 0 atom stereocenters. The second-order valence-corrected chi connectivity index (χ2v) is 15.8. The summed E-state index contributed by atoms with van der Waals surface area (Å²) in [5.41, 5.74) is 12.4. The number of thioether (sulfide) groups is 1. The Morgan fingerprint density at radius 2 is 1.36 bits per heavy atom. The molecule has 0 radical (unpaired) electrons. The van der Waals surface area contributed by atoms with Gasteiger partial charge in [-0.3, -0.25) is 0 Å². The van der Waals surface area contributed by atoms with Crippen molar-refractivity contribution in [1.82, 2.24) is 10.2 Å². The fraction of sp³-hybridized carbons (Fsp3) is 0.667. The monoisotopic (exact) mass is 556 g/mol. The van der Waals surface area contributed by atoms with Gasteiger partial charge >= 0.3 is 17.1 Å². The topological polar surface area (TPSA) is 128 Å². The van der Waals surface area contributed by atoms with Crippen LogP contribution < -0.4 is 16.7 Å². The van der Waals surface area contributed by atoms with Crippen LogP contribution in [0.4, 0.5) is 0 Å². The van der Waals surface area contributed by atoms with E-state index < -0.39 is 17.1 Å². The van der Waals surface area contributed by atoms with Gasteiger partial charge < -0.3 is 33.6 Å². The molecule has 0 bridgehead atoms. The van der Waals surface area contributed by atoms with E-state index in [2.05, 4.69) is 22.3 Å². The minimum atomic E-state index is -2.55. The predicted molar refractivity (Wildman–Crippen MR) is 150 cm³/mol. The molecule has 1 aromatic carbocycles. The van der Waals surface area contributed by atoms with Crippen molar-refractivity contribution in [2.24, 2.45) is 11.5 Å². The van der Waals surface area contributed by atoms with E-state index in [1.807, 2.05) is 39.8 Å². The van der Waals surface area contributed by atoms with E-state index in [9.17, 15) is 0 Å². The standard InChI is InChI=1S/C24H44N4O5SSi2/c1-5-29-35(30-6-2,18-9-15-25)20-17-34-24-28-27-23(33-24)21-11-13-22(14-12-21)36(31-7-3,32-8-4)19-10-16-26/h11-14H,5-10,15-20,25-26H2,1-4H3. The summed E-state index contributed by atoms with van der Waals surface area (Å²) in [5, 5.41) is 10.1. The SMILES string of the molecule is CCO[Si](CCCN)(CCSc1nnc(-c2ccc([Si](CCCN)(OCC)OCC)cc2)o1)OCC. The van der Waals surface area contributed by atoms with Crippen molar-refractivity contribution in [2.45, 2.75) is 63.9 Å². The van der Waals surface area contributed by atoms with E-state index in [0.29, 0.717) is 50.6 Å². The first-order valence-electron chi connectivity index (χ1n) is 13.0. The van der Waals surface area contributed by atoms with Crippen LogP contribution in [0.2, 0.25) is 18.1 Å². The van der Waals surface area contributed by atoms with Gasteiger partial charge in [-0.1, -0.05) is 23.9 Å². The number of nitrogens with zero attached hydrogens (tertiary/aromatic N) is 2. The molecule has 0 aliphatic carbocycles. The van der Waals surface area contributed by atoms with Crippen molar-refractivity contribution in [3.05, 3.63) is 24.3 Å². The van der Waals surface area contributed by atoms with Crippen LogP contribution in [-0.2, 0) is 17.7 Å². The fourth-order valence-electron chi connectivity index (χ4n) is 4.20. The molecule has 0 fully saturated rings. The predicted octanol–water partition coefficient (Wildman–Crippen LogP) is 3.76. The normalized spacial score (nSPS) is 12.4. The number of aromatic nitrogens is 2. The summed E-state index contributed by atoms with van der Waals surface area (Å²) in [5.74, 6) is 1.28. The summed E-state index contributed by atoms with van der Waals surface area (Å²) in [7, 11) is -4.84. The van der Waals surface area contributed by atoms with E-state index >= 15 is 0 Å². The van der Waals surface area contributed by atoms with E-state index in [1.54, 1.807) is 0 Å². The van der Waals surface area contributed by atoms with Crippen LogP contribution in [0.15, 0.2) is 33.9 Å². The van der Waals surface area contributed by atoms with Crippen LogP contribution in [0.3, 0.4) is 0 Å². The molecule has 4 N–H and O–H groups in total. The van der Waals surface area contributed by atoms with Crippen LogP contribution in [0.25, 0.3) is 11.5 Å². The molecule has 0 unspecified atom stereocenters. The molecule has 0 spiro atoms. The van der Waals surface area contributed by atoms with Crippen LogP contribution in [0.1, 0.15) is 40.5 Å². The van der Waals surface area contributed by atoms with Gasteiger partial charge in [0.05, 0.1) is 0 Å². The quantitative estimate of drug-likeness (QED) is 0.184. The number of hydrogen-bond acceptors (Lipinski definition) is 10. The van der Waals surface area contributed by atoms with Crippen molar-refractivity contribution in [3.63, 3.8) is 0 Å². The highest BCUT2D eigenvalue weighted by molar-refractivity contribution is 7.99. The average molecular weight is 557 g/mol. The first kappa shape index (κ1) is 31.1. The lowest BCUT2D eigenvalue weighted by Crippen LogP contribution is -2.54. The van der Waals surface area contributed by atoms with Crippen LogP contribution in [-0.4, -0.2) is 72.6 Å². The van der Waals surface area contributed by atoms with Crippen molar-refractivity contribution in [2.75, 3.05) is 45.3 Å². The first-order valence-corrected chi connectivity index (χ1v) is 18.3. The number of hydrogen-bond donors (Lipinski definition) is 2. The zero-order chi connectivity index (χ0) is 26.3. The average Bonchev–Trinajstić information content (AvgIpc) is 3.36. The molecule has 0 aliphatic heterocycles. The molecule has 1 aromatic heterocycles. The molecule has 12 heteroatoms. The van der Waals surface area contributed by atoms with Gasteiger partial charge in [0, 0.05) is 43.8 Å². The van der Waals surface area contributed by atoms with Crippen molar-refractivity contribution >= 4 is 34.1 Å². The number of rotatable bonds is 20. The third-order valence-corrected chi connectivity index (χ3v) is 14.4. The Kier molecular flexibility index (Phi) is 14.4. The van der Waals surface area contributed by atoms with Crippen molar-refractivity contribution in [1.29, 1.82) is 0 Å². The maximum atomic E-state index is 6.22. The molecule has 204 valence electrons. The molecule has 0 aliphatic rings. The largest absolute Gasteiger partial charge is 0.411 e. The first-order chi connectivity index (χ1) is 17.5. The Balaban J connectivity index is 2.08. The minimum absolute atomic E-state index is 0.493. The number of benzene rings is 1. The van der Waals surface area contributed by atoms with E-state index in [0.717, 1.165) is 47.5 Å². The molecular formula is C24H44N4O5SSi2. The van der Waals surface area contributed by atoms with Crippen molar-refractivity contribution < 1.29 is 22.1 Å². The highest BCUT2D eigenvalue weighted by Crippen LogP contribution is 2.28. The van der Waals surface area contributed by atoms with Gasteiger partial charge in [-0.05, 0) is 83.0 Å². The van der Waals surface area contributed by atoms with E-state index in [1.165, 1.54) is 11.8 Å². The maximum Gasteiger partial charge on any atom is 0.372 e. The van der Waals surface area contributed by atoms with Gasteiger partial charge in [-0.15, -0.1) is 10.2 Å². The summed E-state index contributed by atoms with van der Waals surface area (Å²) < 4.78 is 30.7. The fourth-order valence-corrected chi connectivity index (χ4v) is 12.2. The van der Waals surface area contributed by atoms with Crippen LogP contribution in [0.5, 0.6) is 0 Å². The Morgan fingerprint density at radius 1 is 0.778 bits per heavy atom. The molecule has 0 amide bonds. The Hall–Kier alpha value is -1.10. The second kappa shape index (κ2) is 16.7. The Bertz CT molecular complexity index is 847. The summed E-state index contributed by atoms with van der Waals surface area (Å²) in [6, 6.07) is 10.7. The molecule has 0 saturated carbocycles. The zero-order valence-electron chi connectivity index (χ0n) is 22.3.